The van der Waals surface area contributed by atoms with Crippen molar-refractivity contribution in [3.05, 3.63) is 86.6 Å². The van der Waals surface area contributed by atoms with Crippen LogP contribution >= 0.6 is 11.3 Å². The molecule has 1 amide bonds. The number of ether oxygens (including phenoxy) is 1. The van der Waals surface area contributed by atoms with Crippen LogP contribution in [0.5, 0.6) is 5.75 Å². The number of hydrogen-bond acceptors (Lipinski definition) is 5. The molecule has 1 saturated heterocycles. The second kappa shape index (κ2) is 8.76. The number of carbonyl (C=O) groups excluding carboxylic acids is 2. The number of benzene rings is 2. The monoisotopic (exact) mass is 475 g/mol. The van der Waals surface area contributed by atoms with Gasteiger partial charge in [-0.2, -0.15) is 0 Å². The van der Waals surface area contributed by atoms with Gasteiger partial charge >= 0.3 is 0 Å². The Morgan fingerprint density at radius 2 is 1.79 bits per heavy atom. The van der Waals surface area contributed by atoms with Crippen LogP contribution in [0.1, 0.15) is 53.9 Å². The third-order valence-corrected chi connectivity index (χ3v) is 7.30. The Labute approximate surface area is 204 Å². The van der Waals surface area contributed by atoms with E-state index in [4.69, 9.17) is 4.74 Å². The lowest BCUT2D eigenvalue weighted by molar-refractivity contribution is -0.132. The van der Waals surface area contributed by atoms with Gasteiger partial charge in [-0.3, -0.25) is 14.5 Å². The molecular weight excluding hydrogens is 446 g/mol. The number of amides is 1. The SMILES string of the molecule is COc1ccc(/C(O)=C2/C(=O)C(=O)N(c3cccc(C)c3C)C2c2cccs2)cc1C(C)(C)C. The summed E-state index contributed by atoms with van der Waals surface area (Å²) in [4.78, 5) is 29.1. The lowest BCUT2D eigenvalue weighted by atomic mass is 9.84. The van der Waals surface area contributed by atoms with E-state index in [9.17, 15) is 14.7 Å². The van der Waals surface area contributed by atoms with Crippen LogP contribution in [0.15, 0.2) is 59.5 Å². The normalized spacial score (nSPS) is 17.9. The largest absolute Gasteiger partial charge is 0.507 e. The summed E-state index contributed by atoms with van der Waals surface area (Å²) in [6.07, 6.45) is 0. The van der Waals surface area contributed by atoms with Crippen LogP contribution in [-0.4, -0.2) is 23.9 Å². The Bertz CT molecular complexity index is 1300. The third-order valence-electron chi connectivity index (χ3n) is 6.37. The highest BCUT2D eigenvalue weighted by molar-refractivity contribution is 7.10. The number of ketones is 1. The fraction of sp³-hybridized carbons (Fsp3) is 0.286. The van der Waals surface area contributed by atoms with E-state index in [1.54, 1.807) is 19.2 Å². The number of thiophene rings is 1. The summed E-state index contributed by atoms with van der Waals surface area (Å²) in [6.45, 7) is 10.1. The van der Waals surface area contributed by atoms with Gasteiger partial charge in [0.25, 0.3) is 11.7 Å². The number of rotatable bonds is 4. The van der Waals surface area contributed by atoms with E-state index >= 15 is 0 Å². The smallest absolute Gasteiger partial charge is 0.300 e. The Hall–Kier alpha value is -3.38. The zero-order chi connectivity index (χ0) is 24.8. The minimum absolute atomic E-state index is 0.0957. The maximum absolute atomic E-state index is 13.4. The molecule has 0 saturated carbocycles. The number of aryl methyl sites for hydroxylation is 1. The van der Waals surface area contributed by atoms with E-state index in [0.717, 1.165) is 21.6 Å². The van der Waals surface area contributed by atoms with Gasteiger partial charge < -0.3 is 9.84 Å². The van der Waals surface area contributed by atoms with Crippen LogP contribution in [0.2, 0.25) is 0 Å². The van der Waals surface area contributed by atoms with Crippen LogP contribution in [-0.2, 0) is 15.0 Å². The number of hydrogen-bond donors (Lipinski definition) is 1. The van der Waals surface area contributed by atoms with Crippen molar-refractivity contribution in [3.8, 4) is 5.75 Å². The van der Waals surface area contributed by atoms with Gasteiger partial charge in [0.1, 0.15) is 17.6 Å². The molecule has 0 bridgehead atoms. The van der Waals surface area contributed by atoms with Crippen LogP contribution in [0, 0.1) is 13.8 Å². The van der Waals surface area contributed by atoms with Gasteiger partial charge in [-0.1, -0.05) is 39.0 Å². The molecule has 0 spiro atoms. The first-order valence-corrected chi connectivity index (χ1v) is 12.0. The van der Waals surface area contributed by atoms with E-state index in [1.165, 1.54) is 16.2 Å². The zero-order valence-electron chi connectivity index (χ0n) is 20.3. The van der Waals surface area contributed by atoms with Gasteiger partial charge in [0.2, 0.25) is 0 Å². The summed E-state index contributed by atoms with van der Waals surface area (Å²) in [5.74, 6) is -0.810. The molecule has 4 rings (SSSR count). The van der Waals surface area contributed by atoms with Gasteiger partial charge in [0.15, 0.2) is 0 Å². The standard InChI is InChI=1S/C28H29NO4S/c1-16-9-7-10-20(17(16)2)29-24(22-11-8-14-34-22)23(26(31)27(29)32)25(30)18-12-13-21(33-6)19(15-18)28(3,4)5/h7-15,24,30H,1-6H3/b25-23-. The second-order valence-corrected chi connectivity index (χ2v) is 10.5. The molecule has 34 heavy (non-hydrogen) atoms. The van der Waals surface area contributed by atoms with E-state index < -0.39 is 17.7 Å². The van der Waals surface area contributed by atoms with Crippen molar-refractivity contribution < 1.29 is 19.4 Å². The first-order chi connectivity index (χ1) is 16.1. The van der Waals surface area contributed by atoms with Gasteiger partial charge in [0, 0.05) is 21.7 Å². The first kappa shape index (κ1) is 23.8. The molecule has 1 fully saturated rings. The molecule has 1 aliphatic rings. The fourth-order valence-electron chi connectivity index (χ4n) is 4.39. The number of anilines is 1. The van der Waals surface area contributed by atoms with Crippen molar-refractivity contribution in [3.63, 3.8) is 0 Å². The summed E-state index contributed by atoms with van der Waals surface area (Å²) in [6, 6.07) is 14.1. The number of aliphatic hydroxyl groups excluding tert-OH is 1. The Morgan fingerprint density at radius 3 is 2.41 bits per heavy atom. The van der Waals surface area contributed by atoms with Gasteiger partial charge in [-0.05, 0) is 66.1 Å². The minimum Gasteiger partial charge on any atom is -0.507 e. The zero-order valence-corrected chi connectivity index (χ0v) is 21.1. The Kier molecular flexibility index (Phi) is 6.13. The summed E-state index contributed by atoms with van der Waals surface area (Å²) in [5.41, 5.74) is 3.84. The molecule has 6 heteroatoms. The lowest BCUT2D eigenvalue weighted by Gasteiger charge is -2.26. The number of methoxy groups -OCH3 is 1. The molecule has 1 aromatic heterocycles. The molecule has 1 aliphatic heterocycles. The summed E-state index contributed by atoms with van der Waals surface area (Å²) in [7, 11) is 1.61. The van der Waals surface area contributed by atoms with Crippen LogP contribution in [0.25, 0.3) is 5.76 Å². The summed E-state index contributed by atoms with van der Waals surface area (Å²) < 4.78 is 5.52. The molecule has 0 radical (unpaired) electrons. The van der Waals surface area contributed by atoms with E-state index in [1.807, 2.05) is 55.6 Å². The van der Waals surface area contributed by atoms with E-state index in [2.05, 4.69) is 20.8 Å². The molecule has 5 nitrogen and oxygen atoms in total. The Morgan fingerprint density at radius 1 is 1.06 bits per heavy atom. The molecule has 2 heterocycles. The van der Waals surface area contributed by atoms with Crippen molar-refractivity contribution in [1.82, 2.24) is 0 Å². The second-order valence-electron chi connectivity index (χ2n) is 9.57. The highest BCUT2D eigenvalue weighted by Gasteiger charge is 2.48. The summed E-state index contributed by atoms with van der Waals surface area (Å²) >= 11 is 1.45. The minimum atomic E-state index is -0.708. The number of Topliss-reactive ketones (excluding diaryl/α,β-unsaturated/α-hetero) is 1. The van der Waals surface area contributed by atoms with Crippen LogP contribution < -0.4 is 9.64 Å². The maximum atomic E-state index is 13.4. The number of nitrogens with zero attached hydrogens (tertiary/aromatic N) is 1. The lowest BCUT2D eigenvalue weighted by Crippen LogP contribution is -2.29. The van der Waals surface area contributed by atoms with Crippen molar-refractivity contribution in [2.75, 3.05) is 12.0 Å². The van der Waals surface area contributed by atoms with Crippen LogP contribution in [0.4, 0.5) is 5.69 Å². The van der Waals surface area contributed by atoms with E-state index in [-0.39, 0.29) is 16.7 Å². The van der Waals surface area contributed by atoms with Gasteiger partial charge in [-0.25, -0.2) is 0 Å². The quantitative estimate of drug-likeness (QED) is 0.273. The van der Waals surface area contributed by atoms with Crippen molar-refractivity contribution in [2.24, 2.45) is 0 Å². The average molecular weight is 476 g/mol. The van der Waals surface area contributed by atoms with Crippen molar-refractivity contribution in [1.29, 1.82) is 0 Å². The topological polar surface area (TPSA) is 66.8 Å². The molecule has 176 valence electrons. The Balaban J connectivity index is 1.96. The van der Waals surface area contributed by atoms with Gasteiger partial charge in [0.05, 0.1) is 12.7 Å². The molecular formula is C28H29NO4S. The highest BCUT2D eigenvalue weighted by Crippen LogP contribution is 2.45. The maximum Gasteiger partial charge on any atom is 0.300 e. The molecule has 1 atom stereocenters. The van der Waals surface area contributed by atoms with Crippen molar-refractivity contribution >= 4 is 34.5 Å². The molecule has 1 N–H and O–H groups in total. The average Bonchev–Trinajstić information content (AvgIpc) is 3.41. The highest BCUT2D eigenvalue weighted by atomic mass is 32.1. The van der Waals surface area contributed by atoms with Crippen LogP contribution in [0.3, 0.4) is 0 Å². The predicted octanol–water partition coefficient (Wildman–Crippen LogP) is 6.30. The van der Waals surface area contributed by atoms with E-state index in [0.29, 0.717) is 17.0 Å². The predicted molar refractivity (Wildman–Crippen MR) is 137 cm³/mol. The fourth-order valence-corrected chi connectivity index (χ4v) is 5.21. The summed E-state index contributed by atoms with van der Waals surface area (Å²) in [5, 5.41) is 13.4. The molecule has 2 aromatic carbocycles. The molecule has 1 unspecified atom stereocenters. The van der Waals surface area contributed by atoms with Gasteiger partial charge in [-0.15, -0.1) is 11.3 Å². The molecule has 3 aromatic rings. The first-order valence-electron chi connectivity index (χ1n) is 11.2. The van der Waals surface area contributed by atoms with Crippen molar-refractivity contribution in [2.45, 2.75) is 46.1 Å². The number of aliphatic hydroxyl groups is 1. The molecule has 0 aliphatic carbocycles. The number of carbonyl (C=O) groups is 2. The third kappa shape index (κ3) is 3.92.